The highest BCUT2D eigenvalue weighted by Crippen LogP contribution is 2.78. The summed E-state index contributed by atoms with van der Waals surface area (Å²) in [4.78, 5) is 3.54. The number of thioether (sulfide) groups is 1. The van der Waals surface area contributed by atoms with Gasteiger partial charge in [0.2, 0.25) is 0 Å². The molecule has 58 heavy (non-hydrogen) atoms. The first kappa shape index (κ1) is 38.7. The predicted octanol–water partition coefficient (Wildman–Crippen LogP) is 14.3. The SMILES string of the molecule is C1CCC(N(C2CCCC(C3CCCC4C5CCC6SC7CCCCC7C6C5OC34)C2)C2CCCC3C2C2CCCCC2C32C3CCCCC3C3CCCCC32)CC1. The minimum Gasteiger partial charge on any atom is -0.374 e. The van der Waals surface area contributed by atoms with E-state index in [-0.39, 0.29) is 0 Å². The van der Waals surface area contributed by atoms with E-state index < -0.39 is 0 Å². The molecule has 2 heterocycles. The van der Waals surface area contributed by atoms with Crippen molar-refractivity contribution in [1.29, 1.82) is 0 Å². The highest BCUT2D eigenvalue weighted by molar-refractivity contribution is 8.00. The first-order valence-electron chi connectivity index (χ1n) is 27.9. The maximum atomic E-state index is 7.76. The summed E-state index contributed by atoms with van der Waals surface area (Å²) >= 11 is 2.46. The number of rotatable bonds is 4. The van der Waals surface area contributed by atoms with Crippen molar-refractivity contribution in [3.8, 4) is 0 Å². The van der Waals surface area contributed by atoms with Gasteiger partial charge in [-0.1, -0.05) is 89.9 Å². The Morgan fingerprint density at radius 1 is 0.362 bits per heavy atom. The van der Waals surface area contributed by atoms with Gasteiger partial charge in [-0.05, 0) is 204 Å². The van der Waals surface area contributed by atoms with Crippen LogP contribution >= 0.6 is 11.8 Å². The van der Waals surface area contributed by atoms with Crippen LogP contribution in [0, 0.1) is 88.3 Å². The summed E-state index contributed by atoms with van der Waals surface area (Å²) in [5.74, 6) is 14.3. The van der Waals surface area contributed by atoms with Crippen LogP contribution in [-0.4, -0.2) is 45.7 Å². The highest BCUT2D eigenvalue weighted by atomic mass is 32.2. The smallest absolute Gasteiger partial charge is 0.0652 e. The minimum atomic E-state index is 0.619. The molecule has 11 saturated carbocycles. The molecule has 0 amide bonds. The summed E-state index contributed by atoms with van der Waals surface area (Å²) in [5, 5.41) is 1.92. The molecule has 0 aromatic heterocycles. The molecule has 0 radical (unpaired) electrons. The lowest BCUT2D eigenvalue weighted by molar-refractivity contribution is -0.0871. The van der Waals surface area contributed by atoms with Gasteiger partial charge in [0.15, 0.2) is 0 Å². The Morgan fingerprint density at radius 2 is 0.931 bits per heavy atom. The maximum absolute atomic E-state index is 7.76. The molecule has 0 aromatic rings. The Labute approximate surface area is 360 Å². The van der Waals surface area contributed by atoms with Crippen molar-refractivity contribution in [2.24, 2.45) is 88.3 Å². The molecular formula is C55H87NOS. The molecule has 2 nitrogen and oxygen atoms in total. The van der Waals surface area contributed by atoms with Gasteiger partial charge in [0.1, 0.15) is 0 Å². The van der Waals surface area contributed by atoms with Gasteiger partial charge in [-0.25, -0.2) is 0 Å². The average Bonchev–Trinajstić information content (AvgIpc) is 4.02. The van der Waals surface area contributed by atoms with E-state index in [0.717, 1.165) is 117 Å². The zero-order valence-electron chi connectivity index (χ0n) is 37.2. The molecule has 2 aliphatic heterocycles. The second-order valence-corrected chi connectivity index (χ2v) is 26.5. The lowest BCUT2D eigenvalue weighted by Crippen LogP contribution is -2.58. The van der Waals surface area contributed by atoms with E-state index in [1.807, 2.05) is 0 Å². The fourth-order valence-electron chi connectivity index (χ4n) is 22.3. The van der Waals surface area contributed by atoms with Gasteiger partial charge >= 0.3 is 0 Å². The van der Waals surface area contributed by atoms with E-state index in [1.54, 1.807) is 103 Å². The average molecular weight is 810 g/mol. The fourth-order valence-corrected chi connectivity index (χ4v) is 24.4. The van der Waals surface area contributed by atoms with Crippen molar-refractivity contribution in [2.45, 2.75) is 253 Å². The summed E-state index contributed by atoms with van der Waals surface area (Å²) in [7, 11) is 0. The summed E-state index contributed by atoms with van der Waals surface area (Å²) in [5.41, 5.74) is 0.750. The Hall–Kier alpha value is 0.270. The van der Waals surface area contributed by atoms with Gasteiger partial charge in [0.25, 0.3) is 0 Å². The fraction of sp³-hybridized carbons (Fsp3) is 1.00. The molecule has 324 valence electrons. The van der Waals surface area contributed by atoms with Gasteiger partial charge in [0.05, 0.1) is 12.2 Å². The molecule has 0 bridgehead atoms. The van der Waals surface area contributed by atoms with Gasteiger partial charge in [-0.3, -0.25) is 4.90 Å². The second-order valence-electron chi connectivity index (χ2n) is 25.0. The third-order valence-corrected chi connectivity index (χ3v) is 25.3. The van der Waals surface area contributed by atoms with E-state index in [9.17, 15) is 0 Å². The van der Waals surface area contributed by atoms with Crippen LogP contribution in [0.25, 0.3) is 0 Å². The van der Waals surface area contributed by atoms with E-state index in [1.165, 1.54) is 109 Å². The van der Waals surface area contributed by atoms with Gasteiger partial charge in [-0.15, -0.1) is 0 Å². The first-order chi connectivity index (χ1) is 28.8. The van der Waals surface area contributed by atoms with Crippen LogP contribution in [-0.2, 0) is 4.74 Å². The van der Waals surface area contributed by atoms with Gasteiger partial charge < -0.3 is 4.74 Å². The number of hydrogen-bond donors (Lipinski definition) is 0. The molecule has 0 N–H and O–H groups in total. The second kappa shape index (κ2) is 15.8. The lowest BCUT2D eigenvalue weighted by atomic mass is 9.53. The third-order valence-electron chi connectivity index (χ3n) is 23.5. The van der Waals surface area contributed by atoms with Crippen LogP contribution in [0.5, 0.6) is 0 Å². The zero-order valence-corrected chi connectivity index (χ0v) is 38.0. The normalized spacial score (nSPS) is 56.4. The van der Waals surface area contributed by atoms with E-state index in [2.05, 4.69) is 16.7 Å². The molecule has 13 aliphatic rings. The van der Waals surface area contributed by atoms with E-state index in [4.69, 9.17) is 4.74 Å². The summed E-state index contributed by atoms with van der Waals surface area (Å²) in [6.45, 7) is 0. The topological polar surface area (TPSA) is 12.5 Å². The van der Waals surface area contributed by atoms with Gasteiger partial charge in [-0.2, -0.15) is 11.8 Å². The summed E-state index contributed by atoms with van der Waals surface area (Å²) in [6.07, 6.45) is 52.6. The first-order valence-corrected chi connectivity index (χ1v) is 28.8. The van der Waals surface area contributed by atoms with Crippen molar-refractivity contribution in [3.63, 3.8) is 0 Å². The van der Waals surface area contributed by atoms with Crippen LogP contribution in [0.15, 0.2) is 0 Å². The lowest BCUT2D eigenvalue weighted by Gasteiger charge is -2.55. The Balaban J connectivity index is 0.810. The number of nitrogens with zero attached hydrogens (tertiary/aromatic N) is 1. The van der Waals surface area contributed by atoms with Crippen molar-refractivity contribution in [2.75, 3.05) is 0 Å². The molecule has 20 unspecified atom stereocenters. The van der Waals surface area contributed by atoms with E-state index >= 15 is 0 Å². The molecule has 0 aromatic carbocycles. The van der Waals surface area contributed by atoms with Crippen molar-refractivity contribution in [1.82, 2.24) is 4.90 Å². The Morgan fingerprint density at radius 3 is 1.72 bits per heavy atom. The van der Waals surface area contributed by atoms with Crippen molar-refractivity contribution >= 4 is 11.8 Å². The maximum Gasteiger partial charge on any atom is 0.0652 e. The molecule has 11 aliphatic carbocycles. The molecule has 13 rings (SSSR count). The quantitative estimate of drug-likeness (QED) is 0.281. The van der Waals surface area contributed by atoms with Crippen LogP contribution in [0.3, 0.4) is 0 Å². The van der Waals surface area contributed by atoms with Gasteiger partial charge in [0, 0.05) is 34.5 Å². The van der Waals surface area contributed by atoms with Crippen molar-refractivity contribution in [3.05, 3.63) is 0 Å². The number of ether oxygens (including phenoxy) is 1. The third kappa shape index (κ3) is 5.86. The van der Waals surface area contributed by atoms with Crippen LogP contribution in [0.2, 0.25) is 0 Å². The highest BCUT2D eigenvalue weighted by Gasteiger charge is 2.73. The standard InChI is InChI=1S/C55H87NOS/c1-2-16-35(17-3-1)56(48-29-14-28-47-51(48)42-21-6-10-27-46(42)55(47)44-25-8-4-19-38(44)39-20-5-9-26-45(39)55)36-18-12-15-34(33-36)37-23-13-24-40-41-31-32-50-52(54(41)57-53(37)40)43-22-7-11-30-49(43)58-50/h34-54H,1-33H2. The molecule has 3 heteroatoms. The number of hydrogen-bond acceptors (Lipinski definition) is 3. The predicted molar refractivity (Wildman–Crippen MR) is 241 cm³/mol. The van der Waals surface area contributed by atoms with E-state index in [0.29, 0.717) is 12.2 Å². The summed E-state index contributed by atoms with van der Waals surface area (Å²) in [6, 6.07) is 2.70. The van der Waals surface area contributed by atoms with Crippen molar-refractivity contribution < 1.29 is 4.74 Å². The zero-order chi connectivity index (χ0) is 38.0. The molecular weight excluding hydrogens is 723 g/mol. The van der Waals surface area contributed by atoms with Crippen LogP contribution in [0.1, 0.15) is 212 Å². The number of fused-ring (bicyclic) bond motifs is 17. The molecule has 20 atom stereocenters. The molecule has 13 fully saturated rings. The molecule has 2 saturated heterocycles. The Kier molecular flexibility index (Phi) is 10.5. The summed E-state index contributed by atoms with van der Waals surface area (Å²) < 4.78 is 7.76. The largest absolute Gasteiger partial charge is 0.374 e. The van der Waals surface area contributed by atoms with Crippen LogP contribution < -0.4 is 0 Å². The monoisotopic (exact) mass is 810 g/mol. The molecule has 1 spiro atoms. The van der Waals surface area contributed by atoms with Crippen LogP contribution in [0.4, 0.5) is 0 Å². The minimum absolute atomic E-state index is 0.619. The Bertz CT molecular complexity index is 1430.